The van der Waals surface area contributed by atoms with Crippen LogP contribution in [0.1, 0.15) is 19.2 Å². The van der Waals surface area contributed by atoms with Crippen LogP contribution >= 0.6 is 0 Å². The Bertz CT molecular complexity index is 340. The monoisotopic (exact) mass is 239 g/mol. The quantitative estimate of drug-likeness (QED) is 0.697. The number of rotatable bonds is 6. The molecule has 6 nitrogen and oxygen atoms in total. The summed E-state index contributed by atoms with van der Waals surface area (Å²) in [7, 11) is 0. The summed E-state index contributed by atoms with van der Waals surface area (Å²) in [6.07, 6.45) is 2.87. The summed E-state index contributed by atoms with van der Waals surface area (Å²) in [6.45, 7) is 6.89. The first kappa shape index (κ1) is 12.5. The molecule has 1 aromatic heterocycles. The maximum absolute atomic E-state index is 9.32. The third kappa shape index (κ3) is 3.24. The minimum absolute atomic E-state index is 0.157. The third-order valence-electron chi connectivity index (χ3n) is 3.10. The second-order valence-electron chi connectivity index (χ2n) is 4.51. The highest BCUT2D eigenvalue weighted by Crippen LogP contribution is 2.09. The summed E-state index contributed by atoms with van der Waals surface area (Å²) in [5, 5.41) is 20.7. The van der Waals surface area contributed by atoms with E-state index in [9.17, 15) is 5.11 Å². The van der Waals surface area contributed by atoms with Gasteiger partial charge < -0.3 is 15.0 Å². The van der Waals surface area contributed by atoms with Crippen molar-refractivity contribution in [1.82, 2.24) is 25.0 Å². The molecule has 2 rings (SSSR count). The first-order chi connectivity index (χ1) is 8.33. The van der Waals surface area contributed by atoms with Gasteiger partial charge in [-0.15, -0.1) is 10.2 Å². The second kappa shape index (κ2) is 6.09. The van der Waals surface area contributed by atoms with Crippen molar-refractivity contribution in [3.63, 3.8) is 0 Å². The fourth-order valence-electron chi connectivity index (χ4n) is 2.12. The second-order valence-corrected chi connectivity index (χ2v) is 4.51. The summed E-state index contributed by atoms with van der Waals surface area (Å²) >= 11 is 0. The Hall–Kier alpha value is -0.980. The Morgan fingerprint density at radius 3 is 3.18 bits per heavy atom. The van der Waals surface area contributed by atoms with Crippen molar-refractivity contribution in [2.24, 2.45) is 0 Å². The van der Waals surface area contributed by atoms with Crippen molar-refractivity contribution in [3.8, 4) is 0 Å². The molecule has 0 saturated carbocycles. The van der Waals surface area contributed by atoms with E-state index in [4.69, 9.17) is 0 Å². The van der Waals surface area contributed by atoms with Crippen molar-refractivity contribution in [3.05, 3.63) is 12.2 Å². The molecule has 0 aliphatic carbocycles. The van der Waals surface area contributed by atoms with Crippen LogP contribution in [0.2, 0.25) is 0 Å². The summed E-state index contributed by atoms with van der Waals surface area (Å²) in [4.78, 5) is 2.31. The summed E-state index contributed by atoms with van der Waals surface area (Å²) in [6, 6.07) is 0.157. The number of nitrogens with one attached hydrogen (secondary N) is 1. The standard InChI is InChI=1S/C11H21N5O/c1-2-3-12-10(8-17)6-15-4-5-16-9-13-14-11(16)7-15/h9-10,12,17H,2-8H2,1H3. The van der Waals surface area contributed by atoms with E-state index in [2.05, 4.69) is 31.9 Å². The molecule has 96 valence electrons. The number of hydrogen-bond donors (Lipinski definition) is 2. The van der Waals surface area contributed by atoms with E-state index in [0.717, 1.165) is 45.0 Å². The van der Waals surface area contributed by atoms with Gasteiger partial charge in [0.15, 0.2) is 0 Å². The zero-order chi connectivity index (χ0) is 12.1. The van der Waals surface area contributed by atoms with E-state index >= 15 is 0 Å². The van der Waals surface area contributed by atoms with Crippen molar-refractivity contribution < 1.29 is 5.11 Å². The average molecular weight is 239 g/mol. The average Bonchev–Trinajstić information content (AvgIpc) is 2.81. The Balaban J connectivity index is 1.83. The van der Waals surface area contributed by atoms with Gasteiger partial charge in [0, 0.05) is 25.7 Å². The van der Waals surface area contributed by atoms with Gasteiger partial charge in [-0.2, -0.15) is 0 Å². The van der Waals surface area contributed by atoms with Gasteiger partial charge in [0.2, 0.25) is 0 Å². The van der Waals surface area contributed by atoms with Crippen molar-refractivity contribution in [2.45, 2.75) is 32.5 Å². The highest BCUT2D eigenvalue weighted by Gasteiger charge is 2.19. The van der Waals surface area contributed by atoms with Gasteiger partial charge in [0.25, 0.3) is 0 Å². The zero-order valence-electron chi connectivity index (χ0n) is 10.3. The fourth-order valence-corrected chi connectivity index (χ4v) is 2.12. The largest absolute Gasteiger partial charge is 0.395 e. The molecule has 1 aliphatic heterocycles. The lowest BCUT2D eigenvalue weighted by molar-refractivity contribution is 0.156. The minimum atomic E-state index is 0.157. The topological polar surface area (TPSA) is 66.2 Å². The minimum Gasteiger partial charge on any atom is -0.395 e. The SMILES string of the molecule is CCCNC(CO)CN1CCn2cnnc2C1. The number of aliphatic hydroxyl groups is 1. The van der Waals surface area contributed by atoms with Crippen LogP contribution < -0.4 is 5.32 Å². The fraction of sp³-hybridized carbons (Fsp3) is 0.818. The maximum Gasteiger partial charge on any atom is 0.147 e. The molecule has 1 aliphatic rings. The molecule has 0 spiro atoms. The number of fused-ring (bicyclic) bond motifs is 1. The van der Waals surface area contributed by atoms with Crippen molar-refractivity contribution >= 4 is 0 Å². The summed E-state index contributed by atoms with van der Waals surface area (Å²) < 4.78 is 2.09. The summed E-state index contributed by atoms with van der Waals surface area (Å²) in [5.41, 5.74) is 0. The van der Waals surface area contributed by atoms with Gasteiger partial charge in [-0.25, -0.2) is 0 Å². The number of hydrogen-bond acceptors (Lipinski definition) is 5. The lowest BCUT2D eigenvalue weighted by Crippen LogP contribution is -2.46. The molecular weight excluding hydrogens is 218 g/mol. The molecular formula is C11H21N5O. The summed E-state index contributed by atoms with van der Waals surface area (Å²) in [5.74, 6) is 1.02. The highest BCUT2D eigenvalue weighted by atomic mass is 16.3. The van der Waals surface area contributed by atoms with Crippen LogP contribution in [-0.4, -0.2) is 57.1 Å². The van der Waals surface area contributed by atoms with Crippen LogP contribution in [0, 0.1) is 0 Å². The number of aliphatic hydroxyl groups excluding tert-OH is 1. The van der Waals surface area contributed by atoms with Gasteiger partial charge in [0.1, 0.15) is 12.2 Å². The zero-order valence-corrected chi connectivity index (χ0v) is 10.3. The Morgan fingerprint density at radius 2 is 2.41 bits per heavy atom. The van der Waals surface area contributed by atoms with E-state index in [-0.39, 0.29) is 12.6 Å². The molecule has 6 heteroatoms. The molecule has 1 unspecified atom stereocenters. The lowest BCUT2D eigenvalue weighted by atomic mass is 10.2. The van der Waals surface area contributed by atoms with Crippen LogP contribution in [0.4, 0.5) is 0 Å². The molecule has 0 saturated heterocycles. The van der Waals surface area contributed by atoms with E-state index in [0.29, 0.717) is 0 Å². The molecule has 0 fully saturated rings. The van der Waals surface area contributed by atoms with Crippen LogP contribution in [0.5, 0.6) is 0 Å². The predicted octanol–water partition coefficient (Wildman–Crippen LogP) is -0.546. The van der Waals surface area contributed by atoms with Crippen LogP contribution in [0.15, 0.2) is 6.33 Å². The Kier molecular flexibility index (Phi) is 4.47. The first-order valence-corrected chi connectivity index (χ1v) is 6.26. The smallest absolute Gasteiger partial charge is 0.147 e. The van der Waals surface area contributed by atoms with Crippen molar-refractivity contribution in [2.75, 3.05) is 26.2 Å². The predicted molar refractivity (Wildman–Crippen MR) is 64.5 cm³/mol. The molecule has 1 atom stereocenters. The normalized spacial score (nSPS) is 18.0. The number of aromatic nitrogens is 3. The molecule has 17 heavy (non-hydrogen) atoms. The lowest BCUT2D eigenvalue weighted by Gasteiger charge is -2.30. The molecule has 0 radical (unpaired) electrons. The molecule has 1 aromatic rings. The van der Waals surface area contributed by atoms with Gasteiger partial charge in [-0.3, -0.25) is 4.90 Å². The van der Waals surface area contributed by atoms with E-state index in [1.807, 2.05) is 0 Å². The highest BCUT2D eigenvalue weighted by molar-refractivity contribution is 4.90. The van der Waals surface area contributed by atoms with Crippen LogP contribution in [0.25, 0.3) is 0 Å². The van der Waals surface area contributed by atoms with E-state index < -0.39 is 0 Å². The van der Waals surface area contributed by atoms with E-state index in [1.54, 1.807) is 6.33 Å². The molecule has 0 amide bonds. The van der Waals surface area contributed by atoms with E-state index in [1.165, 1.54) is 0 Å². The third-order valence-corrected chi connectivity index (χ3v) is 3.10. The first-order valence-electron chi connectivity index (χ1n) is 6.26. The maximum atomic E-state index is 9.32. The van der Waals surface area contributed by atoms with Gasteiger partial charge in [-0.1, -0.05) is 6.92 Å². The Morgan fingerprint density at radius 1 is 1.53 bits per heavy atom. The van der Waals surface area contributed by atoms with Gasteiger partial charge in [-0.05, 0) is 13.0 Å². The van der Waals surface area contributed by atoms with Gasteiger partial charge in [0.05, 0.1) is 13.2 Å². The molecule has 0 bridgehead atoms. The number of nitrogens with zero attached hydrogens (tertiary/aromatic N) is 4. The molecule has 2 N–H and O–H groups in total. The molecule has 0 aromatic carbocycles. The van der Waals surface area contributed by atoms with Crippen molar-refractivity contribution in [1.29, 1.82) is 0 Å². The molecule has 2 heterocycles. The van der Waals surface area contributed by atoms with Crippen LogP contribution in [0.3, 0.4) is 0 Å². The Labute approximate surface area is 102 Å². The van der Waals surface area contributed by atoms with Crippen LogP contribution in [-0.2, 0) is 13.1 Å². The van der Waals surface area contributed by atoms with Gasteiger partial charge >= 0.3 is 0 Å².